The van der Waals surface area contributed by atoms with Gasteiger partial charge in [-0.1, -0.05) is 43.7 Å². The van der Waals surface area contributed by atoms with E-state index in [1.807, 2.05) is 13.8 Å². The molecule has 1 aromatic carbocycles. The molecule has 1 amide bonds. The SMILES string of the molecule is Cc1cccc(C(CNC(=O)[C@@H](N)C(C)C)N2CCOCC2)c1.Cl. The molecule has 0 bridgehead atoms. The zero-order chi connectivity index (χ0) is 16.8. The van der Waals surface area contributed by atoms with Crippen molar-refractivity contribution in [3.8, 4) is 0 Å². The number of morpholine rings is 1. The molecule has 1 heterocycles. The van der Waals surface area contributed by atoms with Crippen LogP contribution in [-0.2, 0) is 9.53 Å². The molecule has 0 aliphatic carbocycles. The van der Waals surface area contributed by atoms with Gasteiger partial charge in [0.25, 0.3) is 0 Å². The van der Waals surface area contributed by atoms with Gasteiger partial charge in [0.2, 0.25) is 5.91 Å². The monoisotopic (exact) mass is 355 g/mol. The summed E-state index contributed by atoms with van der Waals surface area (Å²) in [6.45, 7) is 9.82. The second-order valence-corrected chi connectivity index (χ2v) is 6.59. The number of nitrogens with one attached hydrogen (secondary N) is 1. The Kier molecular flexibility index (Phi) is 8.70. The van der Waals surface area contributed by atoms with E-state index in [-0.39, 0.29) is 30.3 Å². The average Bonchev–Trinajstić information content (AvgIpc) is 2.55. The molecule has 1 aromatic rings. The van der Waals surface area contributed by atoms with Crippen molar-refractivity contribution in [1.29, 1.82) is 0 Å². The summed E-state index contributed by atoms with van der Waals surface area (Å²) in [7, 11) is 0. The molecule has 1 fully saturated rings. The Bertz CT molecular complexity index is 519. The molecule has 1 saturated heterocycles. The van der Waals surface area contributed by atoms with E-state index in [1.165, 1.54) is 11.1 Å². The highest BCUT2D eigenvalue weighted by atomic mass is 35.5. The Hall–Kier alpha value is -1.14. The molecule has 2 rings (SSSR count). The Labute approximate surface area is 151 Å². The van der Waals surface area contributed by atoms with Gasteiger partial charge in [-0.3, -0.25) is 9.69 Å². The minimum Gasteiger partial charge on any atom is -0.379 e. The van der Waals surface area contributed by atoms with Gasteiger partial charge >= 0.3 is 0 Å². The fourth-order valence-electron chi connectivity index (χ4n) is 2.84. The maximum atomic E-state index is 12.2. The summed E-state index contributed by atoms with van der Waals surface area (Å²) >= 11 is 0. The highest BCUT2D eigenvalue weighted by Gasteiger charge is 2.25. The number of nitrogens with two attached hydrogens (primary N) is 1. The van der Waals surface area contributed by atoms with Crippen LogP contribution in [0.5, 0.6) is 0 Å². The minimum atomic E-state index is -0.460. The fraction of sp³-hybridized carbons (Fsp3) is 0.611. The van der Waals surface area contributed by atoms with Crippen molar-refractivity contribution in [3.63, 3.8) is 0 Å². The molecule has 2 atom stereocenters. The van der Waals surface area contributed by atoms with Crippen LogP contribution in [0.2, 0.25) is 0 Å². The zero-order valence-electron chi connectivity index (χ0n) is 14.8. The first kappa shape index (κ1) is 20.9. The summed E-state index contributed by atoms with van der Waals surface area (Å²) in [5.74, 6) is 0.0571. The number of carbonyl (C=O) groups is 1. The van der Waals surface area contributed by atoms with Crippen LogP contribution in [0.1, 0.15) is 31.0 Å². The van der Waals surface area contributed by atoms with Crippen LogP contribution in [-0.4, -0.2) is 49.7 Å². The van der Waals surface area contributed by atoms with E-state index in [2.05, 4.69) is 41.4 Å². The maximum absolute atomic E-state index is 12.2. The zero-order valence-corrected chi connectivity index (χ0v) is 15.6. The van der Waals surface area contributed by atoms with Crippen molar-refractivity contribution in [3.05, 3.63) is 35.4 Å². The maximum Gasteiger partial charge on any atom is 0.237 e. The van der Waals surface area contributed by atoms with Gasteiger partial charge in [-0.2, -0.15) is 0 Å². The first-order valence-corrected chi connectivity index (χ1v) is 8.40. The number of amides is 1. The van der Waals surface area contributed by atoms with E-state index in [0.717, 1.165) is 26.3 Å². The van der Waals surface area contributed by atoms with Gasteiger partial charge in [0.1, 0.15) is 0 Å². The second-order valence-electron chi connectivity index (χ2n) is 6.59. The molecule has 1 aliphatic rings. The molecule has 6 heteroatoms. The number of hydrogen-bond donors (Lipinski definition) is 2. The van der Waals surface area contributed by atoms with E-state index >= 15 is 0 Å². The standard InChI is InChI=1S/C18H29N3O2.ClH/c1-13(2)17(19)18(22)20-12-16(21-7-9-23-10-8-21)15-6-4-5-14(3)11-15;/h4-6,11,13,16-17H,7-10,12,19H2,1-3H3,(H,20,22);1H/t16?,17-;/m0./s1. The summed E-state index contributed by atoms with van der Waals surface area (Å²) in [4.78, 5) is 14.6. The molecule has 5 nitrogen and oxygen atoms in total. The van der Waals surface area contributed by atoms with Gasteiger partial charge in [0, 0.05) is 19.6 Å². The van der Waals surface area contributed by atoms with Crippen molar-refractivity contribution >= 4 is 18.3 Å². The van der Waals surface area contributed by atoms with Crippen LogP contribution in [0.25, 0.3) is 0 Å². The molecule has 0 radical (unpaired) electrons. The van der Waals surface area contributed by atoms with E-state index in [9.17, 15) is 4.79 Å². The van der Waals surface area contributed by atoms with Crippen molar-refractivity contribution in [2.45, 2.75) is 32.9 Å². The summed E-state index contributed by atoms with van der Waals surface area (Å²) in [6, 6.07) is 8.17. The summed E-state index contributed by atoms with van der Waals surface area (Å²) in [5, 5.41) is 3.03. The highest BCUT2D eigenvalue weighted by molar-refractivity contribution is 5.85. The van der Waals surface area contributed by atoms with E-state index < -0.39 is 6.04 Å². The Morgan fingerprint density at radius 3 is 2.58 bits per heavy atom. The first-order valence-electron chi connectivity index (χ1n) is 8.40. The summed E-state index contributed by atoms with van der Waals surface area (Å²) in [5.41, 5.74) is 8.40. The highest BCUT2D eigenvalue weighted by Crippen LogP contribution is 2.22. The molecule has 24 heavy (non-hydrogen) atoms. The molecule has 0 spiro atoms. The number of aryl methyl sites for hydroxylation is 1. The smallest absolute Gasteiger partial charge is 0.237 e. The topological polar surface area (TPSA) is 67.6 Å². The number of rotatable bonds is 6. The lowest BCUT2D eigenvalue weighted by atomic mass is 10.0. The second kappa shape index (κ2) is 9.99. The third-order valence-corrected chi connectivity index (χ3v) is 4.40. The summed E-state index contributed by atoms with van der Waals surface area (Å²) in [6.07, 6.45) is 0. The van der Waals surface area contributed by atoms with Crippen LogP contribution >= 0.6 is 12.4 Å². The third kappa shape index (κ3) is 5.74. The third-order valence-electron chi connectivity index (χ3n) is 4.40. The van der Waals surface area contributed by atoms with Crippen LogP contribution < -0.4 is 11.1 Å². The predicted octanol–water partition coefficient (Wildman–Crippen LogP) is 1.89. The van der Waals surface area contributed by atoms with Crippen LogP contribution in [0.3, 0.4) is 0 Å². The summed E-state index contributed by atoms with van der Waals surface area (Å²) < 4.78 is 5.46. The van der Waals surface area contributed by atoms with Gasteiger partial charge in [-0.15, -0.1) is 12.4 Å². The Morgan fingerprint density at radius 1 is 1.33 bits per heavy atom. The Balaban J connectivity index is 0.00000288. The molecule has 1 unspecified atom stereocenters. The molecule has 3 N–H and O–H groups in total. The molecule has 1 aliphatic heterocycles. The molecule has 0 saturated carbocycles. The van der Waals surface area contributed by atoms with Crippen molar-refractivity contribution in [1.82, 2.24) is 10.2 Å². The van der Waals surface area contributed by atoms with Gasteiger partial charge in [-0.05, 0) is 18.4 Å². The van der Waals surface area contributed by atoms with Crippen molar-refractivity contribution in [2.24, 2.45) is 11.7 Å². The minimum absolute atomic E-state index is 0. The van der Waals surface area contributed by atoms with Gasteiger partial charge < -0.3 is 15.8 Å². The lowest BCUT2D eigenvalue weighted by Gasteiger charge is -2.35. The van der Waals surface area contributed by atoms with E-state index in [1.54, 1.807) is 0 Å². The van der Waals surface area contributed by atoms with E-state index in [4.69, 9.17) is 10.5 Å². The van der Waals surface area contributed by atoms with Crippen LogP contribution in [0.4, 0.5) is 0 Å². The number of benzene rings is 1. The largest absolute Gasteiger partial charge is 0.379 e. The number of nitrogens with zero attached hydrogens (tertiary/aromatic N) is 1. The van der Waals surface area contributed by atoms with Gasteiger partial charge in [-0.25, -0.2) is 0 Å². The number of carbonyl (C=O) groups excluding carboxylic acids is 1. The van der Waals surface area contributed by atoms with Gasteiger partial charge in [0.05, 0.1) is 25.3 Å². The average molecular weight is 356 g/mol. The lowest BCUT2D eigenvalue weighted by molar-refractivity contribution is -0.123. The quantitative estimate of drug-likeness (QED) is 0.817. The van der Waals surface area contributed by atoms with Crippen LogP contribution in [0.15, 0.2) is 24.3 Å². The van der Waals surface area contributed by atoms with Crippen molar-refractivity contribution < 1.29 is 9.53 Å². The van der Waals surface area contributed by atoms with Crippen molar-refractivity contribution in [2.75, 3.05) is 32.8 Å². The number of hydrogen-bond acceptors (Lipinski definition) is 4. The Morgan fingerprint density at radius 2 is 2.00 bits per heavy atom. The predicted molar refractivity (Wildman–Crippen MR) is 99.4 cm³/mol. The molecule has 136 valence electrons. The fourth-order valence-corrected chi connectivity index (χ4v) is 2.84. The normalized spacial score (nSPS) is 17.9. The molecular weight excluding hydrogens is 326 g/mol. The first-order chi connectivity index (χ1) is 11.0. The number of halogens is 1. The molecule has 0 aromatic heterocycles. The lowest BCUT2D eigenvalue weighted by Crippen LogP contribution is -2.48. The molecular formula is C18H30ClN3O2. The van der Waals surface area contributed by atoms with Crippen LogP contribution in [0, 0.1) is 12.8 Å². The number of ether oxygens (including phenoxy) is 1. The van der Waals surface area contributed by atoms with E-state index in [0.29, 0.717) is 6.54 Å². The van der Waals surface area contributed by atoms with Gasteiger partial charge in [0.15, 0.2) is 0 Å².